The second kappa shape index (κ2) is 6.22. The van der Waals surface area contributed by atoms with Gasteiger partial charge in [0, 0.05) is 17.7 Å². The first-order valence-electron chi connectivity index (χ1n) is 8.65. The van der Waals surface area contributed by atoms with Crippen molar-refractivity contribution in [3.63, 3.8) is 0 Å². The van der Waals surface area contributed by atoms with Crippen molar-refractivity contribution in [2.24, 2.45) is 5.41 Å². The van der Waals surface area contributed by atoms with Crippen LogP contribution < -0.4 is 23.2 Å². The smallest absolute Gasteiger partial charge is 0.197 e. The van der Waals surface area contributed by atoms with Gasteiger partial charge in [-0.3, -0.25) is 0 Å². The zero-order chi connectivity index (χ0) is 19.4. The number of hydrogen-bond acceptors (Lipinski definition) is 6. The maximum Gasteiger partial charge on any atom is 0.197 e. The number of benzene rings is 1. The monoisotopic (exact) mass is 393 g/mol. The number of pyridine rings is 1. The van der Waals surface area contributed by atoms with E-state index in [0.29, 0.717) is 13.2 Å². The van der Waals surface area contributed by atoms with E-state index in [1.54, 1.807) is 0 Å². The molecule has 1 aliphatic carbocycles. The van der Waals surface area contributed by atoms with Gasteiger partial charge < -0.3 is 9.47 Å². The lowest BCUT2D eigenvalue weighted by Crippen LogP contribution is -2.70. The van der Waals surface area contributed by atoms with Gasteiger partial charge in [0.1, 0.15) is 5.92 Å². The molecule has 0 saturated carbocycles. The molecule has 1 spiro atoms. The summed E-state index contributed by atoms with van der Waals surface area (Å²) in [5.74, 6) is -0.416. The normalized spacial score (nSPS) is 26.1. The molecule has 7 nitrogen and oxygen atoms in total. The third-order valence-corrected chi connectivity index (χ3v) is 5.78. The Bertz CT molecular complexity index is 806. The molecule has 1 fully saturated rings. The Morgan fingerprint density at radius 2 is 1.48 bits per heavy atom. The molecule has 0 radical (unpaired) electrons. The topological polar surface area (TPSA) is 115 Å². The van der Waals surface area contributed by atoms with Crippen molar-refractivity contribution in [3.05, 3.63) is 65.5 Å². The van der Waals surface area contributed by atoms with E-state index in [1.165, 1.54) is 16.8 Å². The third kappa shape index (κ3) is 2.78. The van der Waals surface area contributed by atoms with Crippen LogP contribution in [0.3, 0.4) is 0 Å². The van der Waals surface area contributed by atoms with Gasteiger partial charge >= 0.3 is 0 Å². The van der Waals surface area contributed by atoms with Crippen molar-refractivity contribution in [1.82, 2.24) is 0 Å². The Labute approximate surface area is 159 Å². The van der Waals surface area contributed by atoms with Crippen LogP contribution in [-0.4, -0.2) is 19.0 Å². The second-order valence-electron chi connectivity index (χ2n) is 7.46. The standard InChI is InChI=1S/C19H20NO2.ClHO4/c1-18(2)17-14-8-4-3-7-13(14)16(19(18)21-11-12-22-19)15-9-5-6-10-20(15)17;2-1(3,4)5/h3-10,16-17H,11-12H2,1-2H3;(H,2,3,4,5)/q+1;/p-1/t16-,17-;/m0./s1. The summed E-state index contributed by atoms with van der Waals surface area (Å²) in [6.07, 6.45) is 2.20. The Balaban J connectivity index is 0.000000323. The van der Waals surface area contributed by atoms with Crippen molar-refractivity contribution >= 4 is 0 Å². The van der Waals surface area contributed by atoms with Gasteiger partial charge in [-0.1, -0.05) is 30.3 Å². The number of hydrogen-bond donors (Lipinski definition) is 0. The van der Waals surface area contributed by atoms with E-state index < -0.39 is 16.0 Å². The highest BCUT2D eigenvalue weighted by Crippen LogP contribution is 2.62. The molecule has 8 heteroatoms. The van der Waals surface area contributed by atoms with E-state index >= 15 is 0 Å². The van der Waals surface area contributed by atoms with Gasteiger partial charge in [0.05, 0.1) is 18.6 Å². The molecule has 2 bridgehead atoms. The zero-order valence-electron chi connectivity index (χ0n) is 15.0. The van der Waals surface area contributed by atoms with Gasteiger partial charge in [0.25, 0.3) is 0 Å². The molecule has 1 saturated heterocycles. The Kier molecular flexibility index (Phi) is 4.32. The predicted octanol–water partition coefficient (Wildman–Crippen LogP) is -1.96. The molecule has 2 atom stereocenters. The Morgan fingerprint density at radius 3 is 2.11 bits per heavy atom. The largest absolute Gasteiger partial charge is 0.345 e. The lowest BCUT2D eigenvalue weighted by Gasteiger charge is -2.55. The fourth-order valence-corrected chi connectivity index (χ4v) is 4.95. The number of ether oxygens (including phenoxy) is 2. The van der Waals surface area contributed by atoms with Crippen LogP contribution in [0.1, 0.15) is 42.6 Å². The van der Waals surface area contributed by atoms with E-state index in [1.807, 2.05) is 0 Å². The first-order chi connectivity index (χ1) is 12.7. The van der Waals surface area contributed by atoms with E-state index in [4.69, 9.17) is 28.1 Å². The van der Waals surface area contributed by atoms with Crippen molar-refractivity contribution in [2.75, 3.05) is 13.2 Å². The second-order valence-corrected chi connectivity index (χ2v) is 8.22. The molecule has 2 aromatic rings. The molecule has 0 unspecified atom stereocenters. The quantitative estimate of drug-likeness (QED) is 0.480. The average molecular weight is 394 g/mol. The third-order valence-electron chi connectivity index (χ3n) is 5.78. The predicted molar refractivity (Wildman–Crippen MR) is 81.5 cm³/mol. The minimum atomic E-state index is -4.94. The van der Waals surface area contributed by atoms with Crippen LogP contribution in [0.2, 0.25) is 0 Å². The maximum atomic E-state index is 8.49. The Hall–Kier alpha value is -1.58. The van der Waals surface area contributed by atoms with Gasteiger partial charge in [0.2, 0.25) is 0 Å². The SMILES string of the molecule is CC1(C)[C@@H]2c3ccccc3[C@@H](c3cccc[n+]32)C12OCCO2.[O-][Cl+3]([O-])([O-])[O-]. The van der Waals surface area contributed by atoms with Gasteiger partial charge in [-0.2, -0.15) is 4.57 Å². The van der Waals surface area contributed by atoms with Gasteiger partial charge in [-0.25, -0.2) is 18.6 Å². The lowest BCUT2D eigenvalue weighted by molar-refractivity contribution is -2.00. The summed E-state index contributed by atoms with van der Waals surface area (Å²) in [5, 5.41) is 0. The van der Waals surface area contributed by atoms with Gasteiger partial charge in [-0.15, -0.1) is 10.2 Å². The lowest BCUT2D eigenvalue weighted by atomic mass is 9.57. The zero-order valence-corrected chi connectivity index (χ0v) is 15.7. The van der Waals surface area contributed by atoms with Gasteiger partial charge in [0.15, 0.2) is 23.7 Å². The molecule has 6 rings (SSSR count). The first-order valence-corrected chi connectivity index (χ1v) is 9.89. The van der Waals surface area contributed by atoms with E-state index in [2.05, 4.69) is 67.1 Å². The van der Waals surface area contributed by atoms with E-state index in [-0.39, 0.29) is 17.4 Å². The minimum Gasteiger partial charge on any atom is -0.345 e. The number of rotatable bonds is 0. The van der Waals surface area contributed by atoms with Crippen molar-refractivity contribution < 1.29 is 42.9 Å². The minimum absolute atomic E-state index is 0.123. The van der Waals surface area contributed by atoms with Crippen LogP contribution in [0.4, 0.5) is 0 Å². The first kappa shape index (κ1) is 18.8. The highest BCUT2D eigenvalue weighted by molar-refractivity contribution is 5.46. The van der Waals surface area contributed by atoms with Crippen LogP contribution in [0.5, 0.6) is 0 Å². The fourth-order valence-electron chi connectivity index (χ4n) is 4.95. The molecule has 0 N–H and O–H groups in total. The summed E-state index contributed by atoms with van der Waals surface area (Å²) in [6, 6.07) is 15.5. The number of halogens is 1. The van der Waals surface area contributed by atoms with E-state index in [9.17, 15) is 0 Å². The van der Waals surface area contributed by atoms with E-state index in [0.717, 1.165) is 0 Å². The highest BCUT2D eigenvalue weighted by Gasteiger charge is 2.71. The summed E-state index contributed by atoms with van der Waals surface area (Å²) < 4.78 is 49.0. The van der Waals surface area contributed by atoms with Crippen LogP contribution in [0, 0.1) is 15.7 Å². The van der Waals surface area contributed by atoms with Crippen LogP contribution in [0.15, 0.2) is 48.7 Å². The average Bonchev–Trinajstić information content (AvgIpc) is 3.07. The van der Waals surface area contributed by atoms with Crippen LogP contribution in [0.25, 0.3) is 0 Å². The van der Waals surface area contributed by atoms with Crippen LogP contribution >= 0.6 is 0 Å². The molecular weight excluding hydrogens is 374 g/mol. The Morgan fingerprint density at radius 1 is 0.926 bits per heavy atom. The molecule has 4 heterocycles. The molecule has 144 valence electrons. The van der Waals surface area contributed by atoms with Crippen molar-refractivity contribution in [2.45, 2.75) is 31.6 Å². The molecule has 3 aliphatic heterocycles. The summed E-state index contributed by atoms with van der Waals surface area (Å²) in [4.78, 5) is 0. The van der Waals surface area contributed by atoms with Crippen molar-refractivity contribution in [3.8, 4) is 0 Å². The fraction of sp³-hybridized carbons (Fsp3) is 0.421. The molecule has 1 aromatic heterocycles. The maximum absolute atomic E-state index is 8.49. The number of aromatic nitrogens is 1. The highest BCUT2D eigenvalue weighted by atomic mass is 35.7. The number of nitrogens with zero attached hydrogens (tertiary/aromatic N) is 1. The van der Waals surface area contributed by atoms with Crippen LogP contribution in [-0.2, 0) is 9.47 Å². The molecule has 0 amide bonds. The summed E-state index contributed by atoms with van der Waals surface area (Å²) in [6.45, 7) is 5.94. The molecule has 1 aromatic carbocycles. The molecule has 4 aliphatic rings. The molecular formula is C19H20ClNO6. The summed E-state index contributed by atoms with van der Waals surface area (Å²) >= 11 is 0. The molecule has 27 heavy (non-hydrogen) atoms. The summed E-state index contributed by atoms with van der Waals surface area (Å²) in [7, 11) is -4.94. The van der Waals surface area contributed by atoms with Gasteiger partial charge in [-0.05, 0) is 19.4 Å². The summed E-state index contributed by atoms with van der Waals surface area (Å²) in [5.41, 5.74) is 3.94. The van der Waals surface area contributed by atoms with Crippen molar-refractivity contribution in [1.29, 1.82) is 0 Å².